The summed E-state index contributed by atoms with van der Waals surface area (Å²) < 4.78 is 28.1. The van der Waals surface area contributed by atoms with Crippen molar-refractivity contribution in [2.24, 2.45) is 0 Å². The Bertz CT molecular complexity index is 291. The largest absolute Gasteiger partial charge is 0.374 e. The first-order chi connectivity index (χ1) is 7.68. The molecule has 16 heavy (non-hydrogen) atoms. The van der Waals surface area contributed by atoms with E-state index in [0.717, 1.165) is 11.3 Å². The number of ether oxygens (including phenoxy) is 1. The first-order valence-electron chi connectivity index (χ1n) is 5.16. The van der Waals surface area contributed by atoms with Crippen LogP contribution in [0.1, 0.15) is 11.3 Å². The molecule has 0 atom stereocenters. The summed E-state index contributed by atoms with van der Waals surface area (Å²) in [4.78, 5) is 4.20. The van der Waals surface area contributed by atoms with Crippen molar-refractivity contribution in [2.45, 2.75) is 19.9 Å². The molecule has 3 nitrogen and oxygen atoms in total. The van der Waals surface area contributed by atoms with Crippen molar-refractivity contribution in [1.82, 2.24) is 10.3 Å². The van der Waals surface area contributed by atoms with Gasteiger partial charge in [-0.2, -0.15) is 0 Å². The van der Waals surface area contributed by atoms with Crippen LogP contribution in [0.5, 0.6) is 0 Å². The van der Waals surface area contributed by atoms with Gasteiger partial charge in [0.1, 0.15) is 6.61 Å². The summed E-state index contributed by atoms with van der Waals surface area (Å²) in [6, 6.07) is 3.92. The standard InChI is InChI=1S/C11H16F2N2O/c1-9-2-3-10(15-6-9)7-14-4-5-16-8-11(12)13/h2-3,6,11,14H,4-5,7-8H2,1H3. The quantitative estimate of drug-likeness (QED) is 0.725. The van der Waals surface area contributed by atoms with E-state index < -0.39 is 13.0 Å². The minimum atomic E-state index is -2.39. The molecule has 90 valence electrons. The third-order valence-electron chi connectivity index (χ3n) is 1.95. The zero-order valence-electron chi connectivity index (χ0n) is 9.25. The molecule has 0 aliphatic rings. The summed E-state index contributed by atoms with van der Waals surface area (Å²) in [5, 5.41) is 3.06. The van der Waals surface area contributed by atoms with Gasteiger partial charge < -0.3 is 10.1 Å². The summed E-state index contributed by atoms with van der Waals surface area (Å²) in [6.45, 7) is 2.93. The van der Waals surface area contributed by atoms with Crippen LogP contribution in [0, 0.1) is 6.92 Å². The molecule has 0 fully saturated rings. The lowest BCUT2D eigenvalue weighted by Gasteiger charge is -2.05. The maximum atomic E-state index is 11.7. The van der Waals surface area contributed by atoms with Crippen molar-refractivity contribution in [3.63, 3.8) is 0 Å². The third-order valence-corrected chi connectivity index (χ3v) is 1.95. The van der Waals surface area contributed by atoms with Gasteiger partial charge in [-0.15, -0.1) is 0 Å². The van der Waals surface area contributed by atoms with Crippen LogP contribution in [-0.2, 0) is 11.3 Å². The third kappa shape index (κ3) is 5.72. The molecule has 1 N–H and O–H groups in total. The number of rotatable bonds is 7. The highest BCUT2D eigenvalue weighted by molar-refractivity contribution is 5.11. The molecule has 0 unspecified atom stereocenters. The van der Waals surface area contributed by atoms with Gasteiger partial charge in [0, 0.05) is 19.3 Å². The van der Waals surface area contributed by atoms with E-state index in [0.29, 0.717) is 13.1 Å². The van der Waals surface area contributed by atoms with E-state index in [2.05, 4.69) is 10.3 Å². The number of nitrogens with one attached hydrogen (secondary N) is 1. The zero-order chi connectivity index (χ0) is 11.8. The minimum Gasteiger partial charge on any atom is -0.374 e. The fourth-order valence-electron chi connectivity index (χ4n) is 1.14. The van der Waals surface area contributed by atoms with Crippen LogP contribution in [0.4, 0.5) is 8.78 Å². The normalized spacial score (nSPS) is 11.0. The zero-order valence-corrected chi connectivity index (χ0v) is 9.25. The van der Waals surface area contributed by atoms with Crippen molar-refractivity contribution in [2.75, 3.05) is 19.8 Å². The molecule has 0 bridgehead atoms. The van der Waals surface area contributed by atoms with Crippen molar-refractivity contribution < 1.29 is 13.5 Å². The molecule has 0 aliphatic heterocycles. The molecule has 1 heterocycles. The van der Waals surface area contributed by atoms with Crippen LogP contribution in [-0.4, -0.2) is 31.2 Å². The molecular formula is C11H16F2N2O. The number of alkyl halides is 2. The summed E-state index contributed by atoms with van der Waals surface area (Å²) in [5.74, 6) is 0. The Morgan fingerprint density at radius 2 is 2.25 bits per heavy atom. The minimum absolute atomic E-state index is 0.288. The molecule has 0 radical (unpaired) electrons. The van der Waals surface area contributed by atoms with Gasteiger partial charge in [0.05, 0.1) is 12.3 Å². The van der Waals surface area contributed by atoms with E-state index in [4.69, 9.17) is 4.74 Å². The van der Waals surface area contributed by atoms with Gasteiger partial charge >= 0.3 is 0 Å². The van der Waals surface area contributed by atoms with Crippen LogP contribution in [0.15, 0.2) is 18.3 Å². The monoisotopic (exact) mass is 230 g/mol. The predicted molar refractivity (Wildman–Crippen MR) is 57.5 cm³/mol. The average molecular weight is 230 g/mol. The second-order valence-corrected chi connectivity index (χ2v) is 3.47. The van der Waals surface area contributed by atoms with Gasteiger partial charge in [-0.05, 0) is 18.6 Å². The highest BCUT2D eigenvalue weighted by Gasteiger charge is 2.00. The molecule has 0 amide bonds. The Labute approximate surface area is 93.8 Å². The molecule has 0 aliphatic carbocycles. The molecule has 5 heteroatoms. The highest BCUT2D eigenvalue weighted by Crippen LogP contribution is 1.97. The maximum Gasteiger partial charge on any atom is 0.261 e. The van der Waals surface area contributed by atoms with Gasteiger partial charge in [0.15, 0.2) is 0 Å². The number of aryl methyl sites for hydroxylation is 1. The second-order valence-electron chi connectivity index (χ2n) is 3.47. The summed E-state index contributed by atoms with van der Waals surface area (Å²) in [6.07, 6.45) is -0.594. The first kappa shape index (κ1) is 13.0. The molecular weight excluding hydrogens is 214 g/mol. The van der Waals surface area contributed by atoms with Gasteiger partial charge in [-0.3, -0.25) is 4.98 Å². The number of halogens is 2. The van der Waals surface area contributed by atoms with Crippen LogP contribution in [0.2, 0.25) is 0 Å². The summed E-state index contributed by atoms with van der Waals surface area (Å²) >= 11 is 0. The van der Waals surface area contributed by atoms with Crippen molar-refractivity contribution in [1.29, 1.82) is 0 Å². The molecule has 0 saturated heterocycles. The van der Waals surface area contributed by atoms with Crippen LogP contribution in [0.25, 0.3) is 0 Å². The Morgan fingerprint density at radius 1 is 1.44 bits per heavy atom. The lowest BCUT2D eigenvalue weighted by atomic mass is 10.3. The molecule has 0 saturated carbocycles. The van der Waals surface area contributed by atoms with E-state index in [9.17, 15) is 8.78 Å². The topological polar surface area (TPSA) is 34.1 Å². The number of aromatic nitrogens is 1. The predicted octanol–water partition coefficient (Wildman–Crippen LogP) is 1.76. The lowest BCUT2D eigenvalue weighted by molar-refractivity contribution is 0.0187. The number of hydrogen-bond donors (Lipinski definition) is 1. The molecule has 1 aromatic heterocycles. The van der Waals surface area contributed by atoms with Crippen LogP contribution < -0.4 is 5.32 Å². The SMILES string of the molecule is Cc1ccc(CNCCOCC(F)F)nc1. The van der Waals surface area contributed by atoms with Gasteiger partial charge in [-0.1, -0.05) is 6.07 Å². The van der Waals surface area contributed by atoms with E-state index >= 15 is 0 Å². The van der Waals surface area contributed by atoms with Crippen LogP contribution in [0.3, 0.4) is 0 Å². The Morgan fingerprint density at radius 3 is 2.88 bits per heavy atom. The smallest absolute Gasteiger partial charge is 0.261 e. The molecule has 1 aromatic rings. The summed E-state index contributed by atoms with van der Waals surface area (Å²) in [7, 11) is 0. The highest BCUT2D eigenvalue weighted by atomic mass is 19.3. The number of pyridine rings is 1. The van der Waals surface area contributed by atoms with Gasteiger partial charge in [-0.25, -0.2) is 8.78 Å². The van der Waals surface area contributed by atoms with Crippen molar-refractivity contribution in [3.8, 4) is 0 Å². The number of nitrogens with zero attached hydrogens (tertiary/aromatic N) is 1. The molecule has 0 aromatic carbocycles. The lowest BCUT2D eigenvalue weighted by Crippen LogP contribution is -2.21. The Kier molecular flexibility index (Phi) is 5.88. The van der Waals surface area contributed by atoms with Crippen molar-refractivity contribution in [3.05, 3.63) is 29.6 Å². The number of hydrogen-bond acceptors (Lipinski definition) is 3. The Hall–Kier alpha value is -1.07. The Balaban J connectivity index is 2.05. The molecule has 0 spiro atoms. The van der Waals surface area contributed by atoms with Gasteiger partial charge in [0.2, 0.25) is 0 Å². The van der Waals surface area contributed by atoms with Crippen LogP contribution >= 0.6 is 0 Å². The van der Waals surface area contributed by atoms with Crippen molar-refractivity contribution >= 4 is 0 Å². The second kappa shape index (κ2) is 7.24. The van der Waals surface area contributed by atoms with E-state index in [1.807, 2.05) is 19.1 Å². The maximum absolute atomic E-state index is 11.7. The fraction of sp³-hybridized carbons (Fsp3) is 0.545. The van der Waals surface area contributed by atoms with E-state index in [1.165, 1.54) is 0 Å². The van der Waals surface area contributed by atoms with E-state index in [-0.39, 0.29) is 6.61 Å². The first-order valence-corrected chi connectivity index (χ1v) is 5.16. The fourth-order valence-corrected chi connectivity index (χ4v) is 1.14. The van der Waals surface area contributed by atoms with E-state index in [1.54, 1.807) is 6.20 Å². The van der Waals surface area contributed by atoms with Gasteiger partial charge in [0.25, 0.3) is 6.43 Å². The average Bonchev–Trinajstić information content (AvgIpc) is 2.25. The molecule has 1 rings (SSSR count). The summed E-state index contributed by atoms with van der Waals surface area (Å²) in [5.41, 5.74) is 2.04.